The molecule has 0 fully saturated rings. The van der Waals surface area contributed by atoms with Crippen LogP contribution in [0.3, 0.4) is 0 Å². The minimum absolute atomic E-state index is 0.174. The lowest BCUT2D eigenvalue weighted by atomic mass is 10.3. The molecule has 0 unspecified atom stereocenters. The van der Waals surface area contributed by atoms with E-state index in [-0.39, 0.29) is 5.56 Å². The van der Waals surface area contributed by atoms with Gasteiger partial charge in [-0.25, -0.2) is 15.0 Å². The highest BCUT2D eigenvalue weighted by molar-refractivity contribution is 5.47. The Kier molecular flexibility index (Phi) is 4.14. The second-order valence-corrected chi connectivity index (χ2v) is 3.86. The Labute approximate surface area is 105 Å². The predicted octanol–water partition coefficient (Wildman–Crippen LogP) is 0.726. The van der Waals surface area contributed by atoms with Gasteiger partial charge in [-0.05, 0) is 19.0 Å². The lowest BCUT2D eigenvalue weighted by Crippen LogP contribution is -2.18. The van der Waals surface area contributed by atoms with E-state index in [0.717, 1.165) is 13.0 Å². The Morgan fingerprint density at radius 1 is 1.44 bits per heavy atom. The van der Waals surface area contributed by atoms with E-state index >= 15 is 0 Å². The third-order valence-electron chi connectivity index (χ3n) is 2.35. The molecule has 94 valence electrons. The van der Waals surface area contributed by atoms with E-state index in [9.17, 15) is 4.79 Å². The second-order valence-electron chi connectivity index (χ2n) is 3.86. The summed E-state index contributed by atoms with van der Waals surface area (Å²) in [6.07, 6.45) is 4.09. The molecule has 0 aliphatic heterocycles. The van der Waals surface area contributed by atoms with Gasteiger partial charge in [-0.1, -0.05) is 6.92 Å². The third kappa shape index (κ3) is 3.21. The molecule has 0 radical (unpaired) electrons. The maximum absolute atomic E-state index is 11.6. The molecule has 18 heavy (non-hydrogen) atoms. The maximum atomic E-state index is 11.6. The van der Waals surface area contributed by atoms with Crippen molar-refractivity contribution in [3.8, 4) is 11.5 Å². The van der Waals surface area contributed by atoms with Crippen molar-refractivity contribution < 1.29 is 0 Å². The van der Waals surface area contributed by atoms with Crippen LogP contribution in [0.5, 0.6) is 0 Å². The normalized spacial score (nSPS) is 10.5. The summed E-state index contributed by atoms with van der Waals surface area (Å²) >= 11 is 0. The molecule has 0 spiro atoms. The van der Waals surface area contributed by atoms with Crippen molar-refractivity contribution in [1.82, 2.24) is 25.3 Å². The van der Waals surface area contributed by atoms with Crippen molar-refractivity contribution in [1.29, 1.82) is 0 Å². The second kappa shape index (κ2) is 6.02. The van der Waals surface area contributed by atoms with Crippen LogP contribution in [0.4, 0.5) is 0 Å². The standard InChI is InChI=1S/C12H15N5O/c1-2-4-13-7-9-6-11(18)17-12(16-9)10-3-5-14-8-15-10/h3,5-6,8,13H,2,4,7H2,1H3,(H,16,17,18). The molecule has 6 nitrogen and oxygen atoms in total. The van der Waals surface area contributed by atoms with Gasteiger partial charge in [0.1, 0.15) is 12.0 Å². The highest BCUT2D eigenvalue weighted by Gasteiger charge is 2.04. The zero-order chi connectivity index (χ0) is 12.8. The lowest BCUT2D eigenvalue weighted by molar-refractivity contribution is 0.662. The Balaban J connectivity index is 2.24. The van der Waals surface area contributed by atoms with Crippen LogP contribution in [0, 0.1) is 0 Å². The third-order valence-corrected chi connectivity index (χ3v) is 2.35. The molecule has 0 atom stereocenters. The summed E-state index contributed by atoms with van der Waals surface area (Å²) in [6.45, 7) is 3.57. The number of nitrogens with one attached hydrogen (secondary N) is 2. The summed E-state index contributed by atoms with van der Waals surface area (Å²) in [5.41, 5.74) is 1.15. The van der Waals surface area contributed by atoms with Gasteiger partial charge in [-0.15, -0.1) is 0 Å². The first-order chi connectivity index (χ1) is 8.79. The fourth-order valence-corrected chi connectivity index (χ4v) is 1.54. The first-order valence-corrected chi connectivity index (χ1v) is 5.87. The summed E-state index contributed by atoms with van der Waals surface area (Å²) in [5.74, 6) is 0.471. The molecule has 2 aromatic heterocycles. The first kappa shape index (κ1) is 12.4. The highest BCUT2D eigenvalue weighted by atomic mass is 16.1. The summed E-state index contributed by atoms with van der Waals surface area (Å²) in [6, 6.07) is 3.20. The van der Waals surface area contributed by atoms with Crippen LogP contribution in [0.2, 0.25) is 0 Å². The fraction of sp³-hybridized carbons (Fsp3) is 0.333. The predicted molar refractivity (Wildman–Crippen MR) is 67.9 cm³/mol. The average Bonchev–Trinajstić information content (AvgIpc) is 2.39. The van der Waals surface area contributed by atoms with Crippen molar-refractivity contribution in [2.24, 2.45) is 0 Å². The minimum Gasteiger partial charge on any atom is -0.311 e. The van der Waals surface area contributed by atoms with E-state index in [1.807, 2.05) is 0 Å². The summed E-state index contributed by atoms with van der Waals surface area (Å²) in [4.78, 5) is 26.5. The molecule has 0 saturated carbocycles. The number of rotatable bonds is 5. The van der Waals surface area contributed by atoms with E-state index in [1.165, 1.54) is 12.4 Å². The van der Waals surface area contributed by atoms with E-state index in [0.29, 0.717) is 23.8 Å². The van der Waals surface area contributed by atoms with Crippen LogP contribution in [0.15, 0.2) is 29.5 Å². The number of hydrogen-bond acceptors (Lipinski definition) is 5. The van der Waals surface area contributed by atoms with Gasteiger partial charge < -0.3 is 10.3 Å². The monoisotopic (exact) mass is 245 g/mol. The number of H-pyrrole nitrogens is 1. The topological polar surface area (TPSA) is 83.6 Å². The van der Waals surface area contributed by atoms with Gasteiger partial charge in [-0.3, -0.25) is 4.79 Å². The van der Waals surface area contributed by atoms with Gasteiger partial charge in [0.15, 0.2) is 5.82 Å². The van der Waals surface area contributed by atoms with E-state index < -0.39 is 0 Å². The van der Waals surface area contributed by atoms with Crippen LogP contribution in [0.1, 0.15) is 19.0 Å². The van der Waals surface area contributed by atoms with Gasteiger partial charge in [0.25, 0.3) is 5.56 Å². The molecule has 0 bridgehead atoms. The molecule has 0 aromatic carbocycles. The van der Waals surface area contributed by atoms with E-state index in [4.69, 9.17) is 0 Å². The minimum atomic E-state index is -0.174. The molecule has 2 heterocycles. The molecule has 2 aromatic rings. The molecular formula is C12H15N5O. The molecule has 2 rings (SSSR count). The number of nitrogens with zero attached hydrogens (tertiary/aromatic N) is 3. The van der Waals surface area contributed by atoms with Gasteiger partial charge in [0.05, 0.1) is 5.69 Å². The SMILES string of the molecule is CCCNCc1cc(=O)[nH]c(-c2ccncn2)n1. The van der Waals surface area contributed by atoms with Gasteiger partial charge in [0, 0.05) is 18.8 Å². The van der Waals surface area contributed by atoms with E-state index in [1.54, 1.807) is 12.3 Å². The van der Waals surface area contributed by atoms with Crippen LogP contribution < -0.4 is 10.9 Å². The van der Waals surface area contributed by atoms with Crippen LogP contribution >= 0.6 is 0 Å². The van der Waals surface area contributed by atoms with Crippen molar-refractivity contribution >= 4 is 0 Å². The number of hydrogen-bond donors (Lipinski definition) is 2. The van der Waals surface area contributed by atoms with Crippen molar-refractivity contribution in [3.63, 3.8) is 0 Å². The molecule has 0 amide bonds. The first-order valence-electron chi connectivity index (χ1n) is 5.87. The van der Waals surface area contributed by atoms with Crippen LogP contribution in [0.25, 0.3) is 11.5 Å². The quantitative estimate of drug-likeness (QED) is 0.758. The molecule has 6 heteroatoms. The van der Waals surface area contributed by atoms with E-state index in [2.05, 4.69) is 32.2 Å². The Hall–Kier alpha value is -2.08. The molecule has 2 N–H and O–H groups in total. The molecular weight excluding hydrogens is 230 g/mol. The smallest absolute Gasteiger partial charge is 0.251 e. The number of aromatic nitrogens is 4. The summed E-state index contributed by atoms with van der Waals surface area (Å²) in [7, 11) is 0. The van der Waals surface area contributed by atoms with Crippen molar-refractivity contribution in [2.45, 2.75) is 19.9 Å². The molecule has 0 aliphatic carbocycles. The molecule has 0 aliphatic rings. The van der Waals surface area contributed by atoms with Gasteiger partial charge >= 0.3 is 0 Å². The Morgan fingerprint density at radius 2 is 2.33 bits per heavy atom. The summed E-state index contributed by atoms with van der Waals surface area (Å²) < 4.78 is 0. The lowest BCUT2D eigenvalue weighted by Gasteiger charge is -2.04. The van der Waals surface area contributed by atoms with Crippen LogP contribution in [-0.4, -0.2) is 26.5 Å². The van der Waals surface area contributed by atoms with Crippen molar-refractivity contribution in [3.05, 3.63) is 40.7 Å². The summed E-state index contributed by atoms with van der Waals surface area (Å²) in [5, 5.41) is 3.21. The fourth-order valence-electron chi connectivity index (χ4n) is 1.54. The highest BCUT2D eigenvalue weighted by Crippen LogP contribution is 2.07. The zero-order valence-corrected chi connectivity index (χ0v) is 10.2. The molecule has 0 saturated heterocycles. The van der Waals surface area contributed by atoms with Gasteiger partial charge in [0.2, 0.25) is 0 Å². The number of aromatic amines is 1. The average molecular weight is 245 g/mol. The van der Waals surface area contributed by atoms with Gasteiger partial charge in [-0.2, -0.15) is 0 Å². The Morgan fingerprint density at radius 3 is 3.06 bits per heavy atom. The maximum Gasteiger partial charge on any atom is 0.251 e. The zero-order valence-electron chi connectivity index (χ0n) is 10.2. The van der Waals surface area contributed by atoms with Crippen LogP contribution in [-0.2, 0) is 6.54 Å². The Bertz CT molecular complexity index is 552. The largest absolute Gasteiger partial charge is 0.311 e. The van der Waals surface area contributed by atoms with Crippen molar-refractivity contribution in [2.75, 3.05) is 6.54 Å².